The zero-order chi connectivity index (χ0) is 36.5. The van der Waals surface area contributed by atoms with Gasteiger partial charge in [-0.25, -0.2) is 4.90 Å². The maximum Gasteiger partial charge on any atom is 0.242 e. The fraction of sp³-hybridized carbons (Fsp3) is 0.410. The molecule has 2 saturated heterocycles. The molecule has 8 rings (SSSR count). The van der Waals surface area contributed by atoms with E-state index in [-0.39, 0.29) is 29.9 Å². The number of allylic oxidation sites excluding steroid dienone is 2. The van der Waals surface area contributed by atoms with Crippen molar-refractivity contribution in [1.29, 1.82) is 0 Å². The number of nitrogens with zero attached hydrogens (tertiary/aromatic N) is 4. The average Bonchev–Trinajstić information content (AvgIpc) is 3.74. The molecule has 0 spiro atoms. The second-order valence-corrected chi connectivity index (χ2v) is 17.0. The van der Waals surface area contributed by atoms with Crippen LogP contribution >= 0.6 is 22.9 Å². The Morgan fingerprint density at radius 2 is 1.76 bits per heavy atom. The molecule has 2 aromatic carbocycles. The van der Waals surface area contributed by atoms with Crippen molar-refractivity contribution in [2.75, 3.05) is 12.0 Å². The van der Waals surface area contributed by atoms with Gasteiger partial charge in [0.05, 0.1) is 35.2 Å². The number of aromatic hydroxyl groups is 1. The minimum atomic E-state index is -1.32. The van der Waals surface area contributed by atoms with E-state index in [0.717, 1.165) is 26.1 Å². The zero-order valence-corrected chi connectivity index (χ0v) is 31.1. The summed E-state index contributed by atoms with van der Waals surface area (Å²) < 4.78 is 7.98. The smallest absolute Gasteiger partial charge is 0.242 e. The molecule has 51 heavy (non-hydrogen) atoms. The number of phenolic OH excluding ortho intramolecular Hbond substituents is 1. The second kappa shape index (κ2) is 11.3. The molecular weight excluding hydrogens is 688 g/mol. The van der Waals surface area contributed by atoms with Gasteiger partial charge in [-0.15, -0.1) is 11.3 Å². The van der Waals surface area contributed by atoms with Gasteiger partial charge in [-0.1, -0.05) is 29.3 Å². The van der Waals surface area contributed by atoms with Crippen molar-refractivity contribution in [3.8, 4) is 22.1 Å². The number of methoxy groups -OCH3 is 1. The lowest BCUT2D eigenvalue weighted by Crippen LogP contribution is -2.49. The number of aryl methyl sites for hydroxylation is 2. The van der Waals surface area contributed by atoms with Crippen LogP contribution in [0.3, 0.4) is 0 Å². The molecule has 1 N–H and O–H groups in total. The van der Waals surface area contributed by atoms with E-state index in [1.165, 1.54) is 23.0 Å². The maximum absolute atomic E-state index is 15.0. The molecule has 2 aromatic heterocycles. The third kappa shape index (κ3) is 4.63. The number of ether oxygens (including phenoxy) is 1. The number of thiophene rings is 1. The number of benzene rings is 2. The first kappa shape index (κ1) is 33.7. The number of fused-ring (bicyclic) bond motifs is 5. The number of likely N-dealkylation sites (tertiary alicyclic amines) is 1. The van der Waals surface area contributed by atoms with E-state index in [1.54, 1.807) is 48.2 Å². The molecule has 6 atom stereocenters. The summed E-state index contributed by atoms with van der Waals surface area (Å²) in [5.41, 5.74) is 0.874. The van der Waals surface area contributed by atoms with Crippen LogP contribution in [0.25, 0.3) is 20.7 Å². The molecule has 12 heteroatoms. The summed E-state index contributed by atoms with van der Waals surface area (Å²) in [5, 5.41) is 17.9. The number of halogens is 1. The minimum absolute atomic E-state index is 0.0741. The molecule has 4 amide bonds. The van der Waals surface area contributed by atoms with Gasteiger partial charge in [0.1, 0.15) is 23.0 Å². The molecule has 1 saturated carbocycles. The molecule has 264 valence electrons. The number of carbonyl (C=O) groups is 4. The first-order valence-electron chi connectivity index (χ1n) is 17.1. The number of anilines is 1. The molecule has 0 bridgehead atoms. The van der Waals surface area contributed by atoms with Crippen molar-refractivity contribution in [2.24, 2.45) is 36.1 Å². The zero-order valence-electron chi connectivity index (χ0n) is 29.5. The van der Waals surface area contributed by atoms with Crippen LogP contribution in [0.4, 0.5) is 5.82 Å². The van der Waals surface area contributed by atoms with Crippen LogP contribution < -0.4 is 9.64 Å². The van der Waals surface area contributed by atoms with Crippen molar-refractivity contribution >= 4 is 62.5 Å². The predicted molar refractivity (Wildman–Crippen MR) is 195 cm³/mol. The Balaban J connectivity index is 1.26. The molecule has 2 aliphatic carbocycles. The molecule has 2 aliphatic heterocycles. The molecule has 0 radical (unpaired) electrons. The van der Waals surface area contributed by atoms with Crippen LogP contribution in [0.2, 0.25) is 5.02 Å². The molecule has 4 aliphatic rings. The minimum Gasteiger partial charge on any atom is -0.508 e. The van der Waals surface area contributed by atoms with Crippen molar-refractivity contribution in [3.05, 3.63) is 70.3 Å². The largest absolute Gasteiger partial charge is 0.508 e. The lowest BCUT2D eigenvalue weighted by molar-refractivity contribution is -0.145. The fourth-order valence-corrected chi connectivity index (χ4v) is 10.7. The van der Waals surface area contributed by atoms with Gasteiger partial charge in [0.25, 0.3) is 0 Å². The lowest BCUT2D eigenvalue weighted by atomic mass is 9.51. The van der Waals surface area contributed by atoms with Crippen molar-refractivity contribution in [2.45, 2.75) is 58.9 Å². The Labute approximate surface area is 304 Å². The maximum atomic E-state index is 15.0. The lowest BCUT2D eigenvalue weighted by Gasteiger charge is -2.49. The first-order chi connectivity index (χ1) is 24.1. The Kier molecular flexibility index (Phi) is 7.43. The highest BCUT2D eigenvalue weighted by Crippen LogP contribution is 2.64. The highest BCUT2D eigenvalue weighted by molar-refractivity contribution is 7.22. The van der Waals surface area contributed by atoms with Gasteiger partial charge in [-0.05, 0) is 88.6 Å². The Bertz CT molecular complexity index is 2250. The predicted octanol–water partition coefficient (Wildman–Crippen LogP) is 7.01. The van der Waals surface area contributed by atoms with Crippen molar-refractivity contribution in [3.63, 3.8) is 0 Å². The van der Waals surface area contributed by atoms with Gasteiger partial charge in [0.15, 0.2) is 0 Å². The molecule has 4 aromatic rings. The van der Waals surface area contributed by atoms with E-state index in [9.17, 15) is 19.5 Å². The van der Waals surface area contributed by atoms with E-state index >= 15 is 4.79 Å². The van der Waals surface area contributed by atoms with Crippen LogP contribution in [-0.2, 0) is 26.2 Å². The van der Waals surface area contributed by atoms with E-state index < -0.39 is 46.5 Å². The number of aromatic nitrogens is 2. The van der Waals surface area contributed by atoms with Crippen LogP contribution in [0.1, 0.15) is 57.6 Å². The molecular formula is C39H39ClN4O6S. The summed E-state index contributed by atoms with van der Waals surface area (Å²) in [5.74, 6) is -3.84. The second-order valence-electron chi connectivity index (χ2n) is 15.5. The number of imide groups is 2. The number of amides is 4. The SMILES string of the molecule is COc1ccc([C@H]2C3=CC[C@@H]4C(=O)N(C(C)(C)C)C(=O)[C@@H]4[C@@H]3C[C@H]3C(=O)N(c4cc(-c5sc6ccc(Cl)cc6c5C)nn4C)C(=O)[C@@]23C)c(O)c1. The molecule has 0 unspecified atom stereocenters. The standard InChI is InChI=1S/C39H39ClN4O6S/c1-18-24-14-19(40)8-13-29(24)51-33(18)27-17-30(42(6)41-27)43-35(47)26-16-25-21(11-12-23-31(25)36(48)44(34(23)46)38(2,3)4)32(39(26,5)37(43)49)22-10-9-20(50-7)15-28(22)45/h8-11,13-15,17,23,25-26,31-32,45H,12,16H2,1-7H3/t23-,25+,26-,31-,32+,39+/m0/s1. The monoisotopic (exact) mass is 726 g/mol. The quantitative estimate of drug-likeness (QED) is 0.177. The highest BCUT2D eigenvalue weighted by atomic mass is 35.5. The van der Waals surface area contributed by atoms with E-state index in [4.69, 9.17) is 21.4 Å². The summed E-state index contributed by atoms with van der Waals surface area (Å²) in [7, 11) is 3.22. The molecule has 10 nitrogen and oxygen atoms in total. The van der Waals surface area contributed by atoms with Gasteiger partial charge in [-0.3, -0.25) is 28.8 Å². The summed E-state index contributed by atoms with van der Waals surface area (Å²) in [4.78, 5) is 61.2. The summed E-state index contributed by atoms with van der Waals surface area (Å²) in [6.45, 7) is 9.35. The Morgan fingerprint density at radius 1 is 1.02 bits per heavy atom. The van der Waals surface area contributed by atoms with Crippen molar-refractivity contribution < 1.29 is 29.0 Å². The number of carbonyl (C=O) groups excluding carboxylic acids is 4. The first-order valence-corrected chi connectivity index (χ1v) is 18.3. The van der Waals surface area contributed by atoms with E-state index in [2.05, 4.69) is 0 Å². The molecule has 3 fully saturated rings. The number of phenols is 1. The topological polar surface area (TPSA) is 122 Å². The summed E-state index contributed by atoms with van der Waals surface area (Å²) in [6, 6.07) is 12.5. The van der Waals surface area contributed by atoms with Crippen LogP contribution in [0.15, 0.2) is 54.1 Å². The average molecular weight is 727 g/mol. The van der Waals surface area contributed by atoms with Gasteiger partial charge < -0.3 is 9.84 Å². The van der Waals surface area contributed by atoms with Crippen molar-refractivity contribution in [1.82, 2.24) is 14.7 Å². The Hall–Kier alpha value is -4.48. The third-order valence-corrected chi connectivity index (χ3v) is 13.2. The third-order valence-electron chi connectivity index (χ3n) is 11.7. The van der Waals surface area contributed by atoms with Gasteiger partial charge in [-0.2, -0.15) is 5.10 Å². The summed E-state index contributed by atoms with van der Waals surface area (Å²) in [6.07, 6.45) is 2.53. The fourth-order valence-electron chi connectivity index (χ4n) is 9.35. The number of hydrogen-bond donors (Lipinski definition) is 1. The van der Waals surface area contributed by atoms with E-state index in [1.807, 2.05) is 52.0 Å². The highest BCUT2D eigenvalue weighted by Gasteiger charge is 2.68. The van der Waals surface area contributed by atoms with Gasteiger partial charge in [0, 0.05) is 45.9 Å². The van der Waals surface area contributed by atoms with Gasteiger partial charge >= 0.3 is 0 Å². The van der Waals surface area contributed by atoms with Gasteiger partial charge in [0.2, 0.25) is 23.6 Å². The normalized spacial score (nSPS) is 27.6. The van der Waals surface area contributed by atoms with Crippen LogP contribution in [-0.4, -0.2) is 56.1 Å². The van der Waals surface area contributed by atoms with Crippen LogP contribution in [0, 0.1) is 36.0 Å². The summed E-state index contributed by atoms with van der Waals surface area (Å²) >= 11 is 7.87. The van der Waals surface area contributed by atoms with E-state index in [0.29, 0.717) is 34.3 Å². The number of rotatable bonds is 4. The molecule has 4 heterocycles. The van der Waals surface area contributed by atoms with Crippen LogP contribution in [0.5, 0.6) is 11.5 Å². The Morgan fingerprint density at radius 3 is 2.45 bits per heavy atom. The number of hydrogen-bond acceptors (Lipinski definition) is 8.